The van der Waals surface area contributed by atoms with Gasteiger partial charge in [-0.15, -0.1) is 0 Å². The molecule has 0 saturated heterocycles. The highest BCUT2D eigenvalue weighted by Crippen LogP contribution is 2.28. The molecule has 0 spiro atoms. The van der Waals surface area contributed by atoms with Crippen LogP contribution in [0.15, 0.2) is 48.5 Å². The molecule has 4 nitrogen and oxygen atoms in total. The van der Waals surface area contributed by atoms with Crippen molar-refractivity contribution in [2.75, 3.05) is 19.0 Å². The maximum absolute atomic E-state index is 12.2. The molecule has 0 aliphatic heterocycles. The van der Waals surface area contributed by atoms with E-state index in [0.29, 0.717) is 12.8 Å². The minimum absolute atomic E-state index is 0.0293. The van der Waals surface area contributed by atoms with Crippen molar-refractivity contribution >= 4 is 11.6 Å². The van der Waals surface area contributed by atoms with Crippen LogP contribution in [0.2, 0.25) is 0 Å². The van der Waals surface area contributed by atoms with E-state index in [4.69, 9.17) is 9.84 Å². The summed E-state index contributed by atoms with van der Waals surface area (Å²) >= 11 is 0. The molecule has 1 amide bonds. The van der Waals surface area contributed by atoms with Crippen molar-refractivity contribution in [2.45, 2.75) is 25.7 Å². The van der Waals surface area contributed by atoms with Gasteiger partial charge in [0.15, 0.2) is 0 Å². The Kier molecular flexibility index (Phi) is 6.18. The second kappa shape index (κ2) is 8.34. The highest BCUT2D eigenvalue weighted by molar-refractivity contribution is 5.91. The van der Waals surface area contributed by atoms with E-state index in [1.54, 1.807) is 7.11 Å². The number of anilines is 1. The number of methoxy groups -OCH3 is 1. The SMILES string of the molecule is COc1ccccc1C(C)CC(=O)Nc1ccc(CCO)cc1. The lowest BCUT2D eigenvalue weighted by Gasteiger charge is -2.15. The lowest BCUT2D eigenvalue weighted by atomic mass is 9.96. The third-order valence-electron chi connectivity index (χ3n) is 3.80. The van der Waals surface area contributed by atoms with Gasteiger partial charge in [0.25, 0.3) is 0 Å². The van der Waals surface area contributed by atoms with Gasteiger partial charge in [0, 0.05) is 18.7 Å². The number of aliphatic hydroxyl groups is 1. The van der Waals surface area contributed by atoms with Gasteiger partial charge in [-0.3, -0.25) is 4.79 Å². The van der Waals surface area contributed by atoms with Crippen LogP contribution in [0.5, 0.6) is 5.75 Å². The Morgan fingerprint density at radius 1 is 1.17 bits per heavy atom. The number of hydrogen-bond acceptors (Lipinski definition) is 3. The molecule has 0 aliphatic carbocycles. The van der Waals surface area contributed by atoms with Crippen LogP contribution in [0.25, 0.3) is 0 Å². The largest absolute Gasteiger partial charge is 0.496 e. The fraction of sp³-hybridized carbons (Fsp3) is 0.316. The molecule has 4 heteroatoms. The van der Waals surface area contributed by atoms with E-state index in [1.807, 2.05) is 55.5 Å². The Hall–Kier alpha value is -2.33. The third kappa shape index (κ3) is 4.83. The standard InChI is InChI=1S/C19H23NO3/c1-14(17-5-3-4-6-18(17)23-2)13-19(22)20-16-9-7-15(8-10-16)11-12-21/h3-10,14,21H,11-13H2,1-2H3,(H,20,22). The van der Waals surface area contributed by atoms with Crippen LogP contribution in [0.1, 0.15) is 30.4 Å². The summed E-state index contributed by atoms with van der Waals surface area (Å²) in [6, 6.07) is 15.3. The summed E-state index contributed by atoms with van der Waals surface area (Å²) in [5.74, 6) is 0.847. The molecule has 0 saturated carbocycles. The zero-order valence-corrected chi connectivity index (χ0v) is 13.6. The average molecular weight is 313 g/mol. The number of amides is 1. The van der Waals surface area contributed by atoms with Crippen LogP contribution in [-0.4, -0.2) is 24.7 Å². The number of rotatable bonds is 7. The minimum Gasteiger partial charge on any atom is -0.496 e. The van der Waals surface area contributed by atoms with Gasteiger partial charge in [-0.2, -0.15) is 0 Å². The van der Waals surface area contributed by atoms with E-state index in [9.17, 15) is 4.79 Å². The smallest absolute Gasteiger partial charge is 0.224 e. The third-order valence-corrected chi connectivity index (χ3v) is 3.80. The van der Waals surface area contributed by atoms with Crippen molar-refractivity contribution < 1.29 is 14.6 Å². The molecule has 0 fully saturated rings. The Morgan fingerprint density at radius 2 is 1.87 bits per heavy atom. The topological polar surface area (TPSA) is 58.6 Å². The summed E-state index contributed by atoms with van der Waals surface area (Å²) in [5.41, 5.74) is 2.85. The quantitative estimate of drug-likeness (QED) is 0.824. The second-order valence-corrected chi connectivity index (χ2v) is 5.57. The van der Waals surface area contributed by atoms with Gasteiger partial charge in [0.05, 0.1) is 7.11 Å². The van der Waals surface area contributed by atoms with Crippen LogP contribution in [-0.2, 0) is 11.2 Å². The van der Waals surface area contributed by atoms with Gasteiger partial charge in [-0.1, -0.05) is 37.3 Å². The van der Waals surface area contributed by atoms with Crippen LogP contribution in [0.4, 0.5) is 5.69 Å². The summed E-state index contributed by atoms with van der Waals surface area (Å²) < 4.78 is 5.35. The van der Waals surface area contributed by atoms with Gasteiger partial charge >= 0.3 is 0 Å². The monoisotopic (exact) mass is 313 g/mol. The molecule has 122 valence electrons. The molecule has 2 aromatic rings. The van der Waals surface area contributed by atoms with E-state index in [1.165, 1.54) is 0 Å². The van der Waals surface area contributed by atoms with Crippen molar-refractivity contribution in [2.24, 2.45) is 0 Å². The second-order valence-electron chi connectivity index (χ2n) is 5.57. The molecule has 0 bridgehead atoms. The fourth-order valence-electron chi connectivity index (χ4n) is 2.56. The molecule has 2 rings (SSSR count). The van der Waals surface area contributed by atoms with Crippen LogP contribution >= 0.6 is 0 Å². The molecule has 0 aliphatic rings. The zero-order chi connectivity index (χ0) is 16.7. The van der Waals surface area contributed by atoms with E-state index in [0.717, 1.165) is 22.6 Å². The number of aliphatic hydroxyl groups excluding tert-OH is 1. The van der Waals surface area contributed by atoms with E-state index < -0.39 is 0 Å². The molecular weight excluding hydrogens is 290 g/mol. The van der Waals surface area contributed by atoms with E-state index in [-0.39, 0.29) is 18.4 Å². The molecule has 1 unspecified atom stereocenters. The first kappa shape index (κ1) is 17.0. The number of benzene rings is 2. The predicted octanol–water partition coefficient (Wildman–Crippen LogP) is 3.36. The maximum Gasteiger partial charge on any atom is 0.224 e. The molecule has 2 aromatic carbocycles. The van der Waals surface area contributed by atoms with Gasteiger partial charge < -0.3 is 15.2 Å². The highest BCUT2D eigenvalue weighted by Gasteiger charge is 2.15. The number of hydrogen-bond donors (Lipinski definition) is 2. The molecule has 1 atom stereocenters. The number of ether oxygens (including phenoxy) is 1. The van der Waals surface area contributed by atoms with E-state index in [2.05, 4.69) is 5.32 Å². The summed E-state index contributed by atoms with van der Waals surface area (Å²) in [6.45, 7) is 2.14. The number of nitrogens with one attached hydrogen (secondary N) is 1. The van der Waals surface area contributed by atoms with Gasteiger partial charge in [0.2, 0.25) is 5.91 Å². The molecule has 23 heavy (non-hydrogen) atoms. The van der Waals surface area contributed by atoms with E-state index >= 15 is 0 Å². The Labute approximate surface area is 137 Å². The lowest BCUT2D eigenvalue weighted by molar-refractivity contribution is -0.116. The van der Waals surface area contributed by atoms with Crippen molar-refractivity contribution in [3.63, 3.8) is 0 Å². The van der Waals surface area contributed by atoms with Gasteiger partial charge in [-0.25, -0.2) is 0 Å². The van der Waals surface area contributed by atoms with Gasteiger partial charge in [-0.05, 0) is 41.7 Å². The lowest BCUT2D eigenvalue weighted by Crippen LogP contribution is -2.14. The summed E-state index contributed by atoms with van der Waals surface area (Å²) in [4.78, 5) is 12.2. The highest BCUT2D eigenvalue weighted by atomic mass is 16.5. The Balaban J connectivity index is 1.96. The average Bonchev–Trinajstić information content (AvgIpc) is 2.56. The Bertz CT molecular complexity index is 637. The predicted molar refractivity (Wildman–Crippen MR) is 91.9 cm³/mol. The number of para-hydroxylation sites is 1. The number of carbonyl (C=O) groups is 1. The zero-order valence-electron chi connectivity index (χ0n) is 13.6. The minimum atomic E-state index is -0.0293. The number of carbonyl (C=O) groups excluding carboxylic acids is 1. The van der Waals surface area contributed by atoms with Crippen LogP contribution in [0.3, 0.4) is 0 Å². The summed E-state index contributed by atoms with van der Waals surface area (Å²) in [7, 11) is 1.64. The van der Waals surface area contributed by atoms with Crippen LogP contribution < -0.4 is 10.1 Å². The molecule has 2 N–H and O–H groups in total. The maximum atomic E-state index is 12.2. The Morgan fingerprint density at radius 3 is 2.52 bits per heavy atom. The summed E-state index contributed by atoms with van der Waals surface area (Å²) in [5, 5.41) is 11.8. The first-order valence-electron chi connectivity index (χ1n) is 7.76. The molecule has 0 radical (unpaired) electrons. The summed E-state index contributed by atoms with van der Waals surface area (Å²) in [6.07, 6.45) is 1.01. The first-order chi connectivity index (χ1) is 11.1. The molecular formula is C19H23NO3. The fourth-order valence-corrected chi connectivity index (χ4v) is 2.56. The molecule has 0 aromatic heterocycles. The van der Waals surface area contributed by atoms with Crippen molar-refractivity contribution in [1.29, 1.82) is 0 Å². The van der Waals surface area contributed by atoms with Gasteiger partial charge in [0.1, 0.15) is 5.75 Å². The van der Waals surface area contributed by atoms with Crippen molar-refractivity contribution in [3.8, 4) is 5.75 Å². The van der Waals surface area contributed by atoms with Crippen LogP contribution in [0, 0.1) is 0 Å². The molecule has 0 heterocycles. The first-order valence-corrected chi connectivity index (χ1v) is 7.76. The normalized spacial score (nSPS) is 11.8. The van der Waals surface area contributed by atoms with Crippen molar-refractivity contribution in [1.82, 2.24) is 0 Å². The van der Waals surface area contributed by atoms with Crippen molar-refractivity contribution in [3.05, 3.63) is 59.7 Å².